The fourth-order valence-corrected chi connectivity index (χ4v) is 8.66. The molecule has 2 aromatic heterocycles. The third-order valence-corrected chi connectivity index (χ3v) is 12.9. The standard InChI is InChI=1S/C34H30N10O20S6/c1-57-33-41-29(39-31(43-33)37-23-16-22(68(48,49)50)10-11-25(23)66-63-60-46)35-19-7-5-17(26(13-19)67-64-61-47)3-4-18-6-8-20(14-28(18)70(54,55)56)36-30-40-32(44-34(42-30)58-2)38-24-15-21(65-62-59-45)9-12-27(24)69(51,52)53/h3-16,45-47H,1-2H3,(H,48,49,50)(H,51,52,53)(H,54,55,56)(H2,35,37,39,41,43)(H2,36,38,40,42,44)/b4-3+. The van der Waals surface area contributed by atoms with Crippen LogP contribution >= 0.6 is 36.1 Å². The Morgan fingerprint density at radius 1 is 0.486 bits per heavy atom. The first kappa shape index (κ1) is 53.2. The number of hydrogen-bond acceptors (Lipinski definition) is 30. The fourth-order valence-electron chi connectivity index (χ4n) is 5.47. The highest BCUT2D eigenvalue weighted by Crippen LogP contribution is 2.35. The highest BCUT2D eigenvalue weighted by molar-refractivity contribution is 7.95. The molecule has 0 spiro atoms. The SMILES string of the molecule is COc1nc(Nc2ccc(/C=C/c3ccc(Nc4nc(Nc5cc(SOOO)ccc5S(=O)(=O)O)nc(OC)n4)cc3S(=O)(=O)O)c(SOOO)c2)nc(Nc2cc(S(=O)(=O)O)ccc2SOOO)n1. The topological polar surface area (TPSA) is 423 Å². The van der Waals surface area contributed by atoms with Gasteiger partial charge in [0.15, 0.2) is 0 Å². The minimum absolute atomic E-state index is 0.00639. The number of methoxy groups -OCH3 is 2. The fraction of sp³-hybridized carbons (Fsp3) is 0.0588. The van der Waals surface area contributed by atoms with E-state index in [9.17, 15) is 38.9 Å². The maximum atomic E-state index is 12.7. The van der Waals surface area contributed by atoms with Crippen molar-refractivity contribution < 1.29 is 92.3 Å². The van der Waals surface area contributed by atoms with Crippen LogP contribution in [0.25, 0.3) is 12.2 Å². The summed E-state index contributed by atoms with van der Waals surface area (Å²) in [6.45, 7) is 0. The van der Waals surface area contributed by atoms with E-state index in [0.29, 0.717) is 41.7 Å². The van der Waals surface area contributed by atoms with Gasteiger partial charge in [0, 0.05) is 21.2 Å². The van der Waals surface area contributed by atoms with Crippen LogP contribution in [0.4, 0.5) is 46.5 Å². The lowest BCUT2D eigenvalue weighted by molar-refractivity contribution is -0.432. The smallest absolute Gasteiger partial charge is 0.322 e. The van der Waals surface area contributed by atoms with Gasteiger partial charge in [-0.3, -0.25) is 13.7 Å². The summed E-state index contributed by atoms with van der Waals surface area (Å²) in [5, 5.41) is 48.0. The van der Waals surface area contributed by atoms with Crippen LogP contribution < -0.4 is 30.7 Å². The number of aromatic nitrogens is 6. The summed E-state index contributed by atoms with van der Waals surface area (Å²) in [4.78, 5) is 23.5. The second-order valence-electron chi connectivity index (χ2n) is 12.7. The highest BCUT2D eigenvalue weighted by Gasteiger charge is 2.21. The van der Waals surface area contributed by atoms with Gasteiger partial charge in [-0.2, -0.15) is 55.2 Å². The first-order valence-corrected chi connectivity index (χ1v) is 24.6. The van der Waals surface area contributed by atoms with E-state index in [1.54, 1.807) is 0 Å². The van der Waals surface area contributed by atoms with Crippen molar-refractivity contribution in [2.75, 3.05) is 35.5 Å². The van der Waals surface area contributed by atoms with Gasteiger partial charge in [-0.05, 0) is 71.8 Å². The Balaban J connectivity index is 1.26. The summed E-state index contributed by atoms with van der Waals surface area (Å²) in [6, 6.07) is 14.4. The predicted octanol–water partition coefficient (Wildman–Crippen LogP) is 6.24. The Morgan fingerprint density at radius 2 is 0.986 bits per heavy atom. The van der Waals surface area contributed by atoms with Crippen LogP contribution in [0.1, 0.15) is 11.1 Å². The van der Waals surface area contributed by atoms with Gasteiger partial charge < -0.3 is 30.7 Å². The molecule has 0 aliphatic heterocycles. The number of rotatable bonds is 24. The van der Waals surface area contributed by atoms with E-state index in [4.69, 9.17) is 25.2 Å². The van der Waals surface area contributed by atoms with Gasteiger partial charge in [0.25, 0.3) is 30.4 Å². The van der Waals surface area contributed by atoms with Crippen LogP contribution in [0.3, 0.4) is 0 Å². The summed E-state index contributed by atoms with van der Waals surface area (Å²) in [6.07, 6.45) is 2.74. The summed E-state index contributed by atoms with van der Waals surface area (Å²) in [5.41, 5.74) is 0.267. The number of anilines is 8. The Morgan fingerprint density at radius 3 is 1.53 bits per heavy atom. The monoisotopic (exact) mass is 1090 g/mol. The van der Waals surface area contributed by atoms with E-state index in [2.05, 4.69) is 79.3 Å². The van der Waals surface area contributed by atoms with E-state index in [-0.39, 0.29) is 78.8 Å². The van der Waals surface area contributed by atoms with E-state index in [1.807, 2.05) is 0 Å². The lowest BCUT2D eigenvalue weighted by Gasteiger charge is -2.13. The Hall–Kier alpha value is -6.14. The Labute approximate surface area is 406 Å². The van der Waals surface area contributed by atoms with Gasteiger partial charge in [0.05, 0.1) is 71.5 Å². The molecule has 0 amide bonds. The molecule has 0 fully saturated rings. The molecule has 70 heavy (non-hydrogen) atoms. The van der Waals surface area contributed by atoms with E-state index in [0.717, 1.165) is 24.3 Å². The Bertz CT molecular complexity index is 3240. The maximum Gasteiger partial charge on any atom is 0.322 e. The van der Waals surface area contributed by atoms with Crippen molar-refractivity contribution in [1.29, 1.82) is 0 Å². The van der Waals surface area contributed by atoms with Crippen molar-refractivity contribution in [1.82, 2.24) is 29.9 Å². The van der Waals surface area contributed by atoms with Gasteiger partial charge in [0.1, 0.15) is 9.79 Å². The first-order chi connectivity index (χ1) is 33.3. The summed E-state index contributed by atoms with van der Waals surface area (Å²) >= 11 is 1.45. The van der Waals surface area contributed by atoms with Crippen LogP contribution in [0.15, 0.2) is 102 Å². The predicted molar refractivity (Wildman–Crippen MR) is 242 cm³/mol. The molecule has 0 saturated carbocycles. The molecule has 6 rings (SSSR count). The third-order valence-electron chi connectivity index (χ3n) is 8.29. The average Bonchev–Trinajstić information content (AvgIpc) is 3.31. The molecular formula is C34H30N10O20S6. The molecule has 0 aliphatic rings. The molecule has 372 valence electrons. The zero-order chi connectivity index (χ0) is 50.6. The molecule has 0 unspecified atom stereocenters. The molecule has 0 radical (unpaired) electrons. The van der Waals surface area contributed by atoms with E-state index < -0.39 is 45.0 Å². The molecule has 0 atom stereocenters. The molecule has 10 N–H and O–H groups in total. The molecular weight excluding hydrogens is 1060 g/mol. The van der Waals surface area contributed by atoms with Crippen LogP contribution in [0, 0.1) is 0 Å². The number of ether oxygens (including phenoxy) is 2. The zero-order valence-corrected chi connectivity index (χ0v) is 39.5. The number of benzene rings is 4. The van der Waals surface area contributed by atoms with E-state index in [1.165, 1.54) is 74.9 Å². The molecule has 30 nitrogen and oxygen atoms in total. The molecule has 6 aromatic rings. The van der Waals surface area contributed by atoms with Gasteiger partial charge in [-0.15, -0.1) is 13.0 Å². The van der Waals surface area contributed by atoms with Gasteiger partial charge in [-0.1, -0.05) is 39.4 Å². The normalized spacial score (nSPS) is 11.9. The van der Waals surface area contributed by atoms with E-state index >= 15 is 0 Å². The maximum absolute atomic E-state index is 12.7. The molecule has 4 aromatic carbocycles. The van der Waals surface area contributed by atoms with Crippen molar-refractivity contribution in [2.24, 2.45) is 0 Å². The van der Waals surface area contributed by atoms with Gasteiger partial charge in [-0.25, -0.2) is 15.8 Å². The van der Waals surface area contributed by atoms with Gasteiger partial charge in [0.2, 0.25) is 23.8 Å². The summed E-state index contributed by atoms with van der Waals surface area (Å²) < 4.78 is 127. The minimum atomic E-state index is -4.94. The molecule has 36 heteroatoms. The molecule has 2 heterocycles. The van der Waals surface area contributed by atoms with Crippen LogP contribution in [0.2, 0.25) is 0 Å². The van der Waals surface area contributed by atoms with Crippen LogP contribution in [0.5, 0.6) is 12.0 Å². The first-order valence-electron chi connectivity index (χ1n) is 18.1. The average molecular weight is 1090 g/mol. The summed E-state index contributed by atoms with van der Waals surface area (Å²) in [7, 11) is -12.0. The summed E-state index contributed by atoms with van der Waals surface area (Å²) in [5.74, 6) is -0.983. The number of nitrogens with one attached hydrogen (secondary N) is 4. The molecule has 0 aliphatic carbocycles. The van der Waals surface area contributed by atoms with Crippen LogP contribution in [-0.4, -0.2) is 98.8 Å². The van der Waals surface area contributed by atoms with Gasteiger partial charge >= 0.3 is 12.0 Å². The van der Waals surface area contributed by atoms with Crippen molar-refractivity contribution in [2.45, 2.75) is 29.4 Å². The highest BCUT2D eigenvalue weighted by atomic mass is 32.2. The largest absolute Gasteiger partial charge is 0.467 e. The third kappa shape index (κ3) is 14.7. The zero-order valence-electron chi connectivity index (χ0n) is 34.6. The van der Waals surface area contributed by atoms with Crippen molar-refractivity contribution >= 4 is 125 Å². The number of nitrogens with zero attached hydrogens (tertiary/aromatic N) is 6. The second-order valence-corrected chi connectivity index (χ2v) is 19.2. The van der Waals surface area contributed by atoms with Crippen molar-refractivity contribution in [3.63, 3.8) is 0 Å². The molecule has 0 bridgehead atoms. The lowest BCUT2D eigenvalue weighted by atomic mass is 10.1. The minimum Gasteiger partial charge on any atom is -0.467 e. The van der Waals surface area contributed by atoms with Crippen LogP contribution in [-0.2, 0) is 58.5 Å². The molecule has 0 saturated heterocycles. The Kier molecular flexibility index (Phi) is 18.0. The van der Waals surface area contributed by atoms with Crippen molar-refractivity contribution in [3.8, 4) is 12.0 Å². The van der Waals surface area contributed by atoms with Crippen molar-refractivity contribution in [3.05, 3.63) is 83.9 Å². The quantitative estimate of drug-likeness (QED) is 0.0105. The second kappa shape index (κ2) is 23.6. The number of hydrogen-bond donors (Lipinski definition) is 10. The lowest BCUT2D eigenvalue weighted by Crippen LogP contribution is -2.09.